The third-order valence-electron chi connectivity index (χ3n) is 3.83. The molecule has 1 N–H and O–H groups in total. The van der Waals surface area contributed by atoms with E-state index in [9.17, 15) is 15.2 Å². The monoisotopic (exact) mass is 411 g/mol. The molecule has 0 spiro atoms. The van der Waals surface area contributed by atoms with Gasteiger partial charge in [-0.2, -0.15) is 4.57 Å². The number of aromatic nitrogens is 1. The maximum Gasteiger partial charge on any atom is 0.269 e. The summed E-state index contributed by atoms with van der Waals surface area (Å²) in [4.78, 5) is 10.5. The molecular weight excluding hydrogens is 398 g/mol. The van der Waals surface area contributed by atoms with Crippen molar-refractivity contribution in [2.45, 2.75) is 0 Å². The van der Waals surface area contributed by atoms with Crippen molar-refractivity contribution in [3.05, 3.63) is 99.8 Å². The Morgan fingerprint density at radius 1 is 1.04 bits per heavy atom. The second-order valence-corrected chi connectivity index (χ2v) is 6.57. The molecule has 1 heterocycles. The molecule has 0 saturated carbocycles. The minimum Gasteiger partial charge on any atom is -0.867 e. The number of nitro benzene ring substituents is 1. The van der Waals surface area contributed by atoms with Gasteiger partial charge in [-0.25, -0.2) is 0 Å². The van der Waals surface area contributed by atoms with Crippen molar-refractivity contribution in [2.24, 2.45) is 0 Å². The van der Waals surface area contributed by atoms with E-state index in [1.807, 2.05) is 6.07 Å². The Balaban J connectivity index is 2.04. The van der Waals surface area contributed by atoms with Crippen LogP contribution in [0.3, 0.4) is 0 Å². The van der Waals surface area contributed by atoms with Gasteiger partial charge in [0.1, 0.15) is 0 Å². The Bertz CT molecular complexity index is 1050. The SMILES string of the molecule is O=[N+]([O-])c1ccc(C([O-])=C(C(=S)Nc2cccc(Cl)c2)[n+]2ccccc2)cc1. The van der Waals surface area contributed by atoms with Crippen LogP contribution in [0.15, 0.2) is 79.1 Å². The smallest absolute Gasteiger partial charge is 0.269 e. The third-order valence-corrected chi connectivity index (χ3v) is 4.36. The lowest BCUT2D eigenvalue weighted by Gasteiger charge is -2.17. The summed E-state index contributed by atoms with van der Waals surface area (Å²) in [7, 11) is 0. The van der Waals surface area contributed by atoms with Gasteiger partial charge < -0.3 is 10.4 Å². The highest BCUT2D eigenvalue weighted by Gasteiger charge is 2.19. The Labute approximate surface area is 171 Å². The lowest BCUT2D eigenvalue weighted by molar-refractivity contribution is -0.577. The molecule has 0 saturated heterocycles. The summed E-state index contributed by atoms with van der Waals surface area (Å²) in [6.07, 6.45) is 3.40. The quantitative estimate of drug-likeness (QED) is 0.173. The number of pyridine rings is 1. The van der Waals surface area contributed by atoms with Crippen LogP contribution in [-0.4, -0.2) is 9.91 Å². The van der Waals surface area contributed by atoms with Crippen LogP contribution >= 0.6 is 23.8 Å². The number of benzene rings is 2. The second-order valence-electron chi connectivity index (χ2n) is 5.73. The van der Waals surface area contributed by atoms with Crippen LogP contribution in [0, 0.1) is 10.1 Å². The minimum atomic E-state index is -0.518. The first-order chi connectivity index (χ1) is 13.5. The minimum absolute atomic E-state index is 0.0925. The normalized spacial score (nSPS) is 11.5. The Kier molecular flexibility index (Phi) is 5.98. The molecule has 0 aliphatic carbocycles. The molecule has 0 radical (unpaired) electrons. The van der Waals surface area contributed by atoms with Crippen molar-refractivity contribution in [3.63, 3.8) is 0 Å². The first-order valence-electron chi connectivity index (χ1n) is 8.15. The molecule has 0 aliphatic heterocycles. The lowest BCUT2D eigenvalue weighted by Crippen LogP contribution is -2.39. The Hall–Kier alpha value is -3.29. The summed E-state index contributed by atoms with van der Waals surface area (Å²) in [6.45, 7) is 0. The van der Waals surface area contributed by atoms with Crippen molar-refractivity contribution in [1.82, 2.24) is 0 Å². The van der Waals surface area contributed by atoms with Gasteiger partial charge in [-0.05, 0) is 41.7 Å². The number of hydrogen-bond acceptors (Lipinski definition) is 4. The number of nitrogens with zero attached hydrogens (tertiary/aromatic N) is 2. The van der Waals surface area contributed by atoms with Gasteiger partial charge in [0.05, 0.1) is 4.92 Å². The van der Waals surface area contributed by atoms with E-state index in [0.29, 0.717) is 10.7 Å². The van der Waals surface area contributed by atoms with Crippen LogP contribution in [-0.2, 0) is 0 Å². The van der Waals surface area contributed by atoms with Crippen LogP contribution in [0.4, 0.5) is 11.4 Å². The maximum absolute atomic E-state index is 13.1. The third kappa shape index (κ3) is 4.51. The van der Waals surface area contributed by atoms with Gasteiger partial charge in [0.15, 0.2) is 17.4 Å². The van der Waals surface area contributed by atoms with E-state index < -0.39 is 4.92 Å². The number of anilines is 1. The number of rotatable bonds is 5. The predicted molar refractivity (Wildman–Crippen MR) is 111 cm³/mol. The molecule has 28 heavy (non-hydrogen) atoms. The number of hydrogen-bond donors (Lipinski definition) is 1. The largest absolute Gasteiger partial charge is 0.867 e. The molecule has 0 aliphatic rings. The summed E-state index contributed by atoms with van der Waals surface area (Å²) < 4.78 is 1.60. The molecule has 0 unspecified atom stereocenters. The molecule has 6 nitrogen and oxygen atoms in total. The molecule has 140 valence electrons. The van der Waals surface area contributed by atoms with E-state index in [2.05, 4.69) is 5.32 Å². The van der Waals surface area contributed by atoms with Crippen LogP contribution in [0.5, 0.6) is 0 Å². The van der Waals surface area contributed by atoms with Gasteiger partial charge in [-0.15, -0.1) is 0 Å². The summed E-state index contributed by atoms with van der Waals surface area (Å²) in [5.41, 5.74) is 1.05. The molecule has 0 fully saturated rings. The van der Waals surface area contributed by atoms with Gasteiger partial charge in [-0.3, -0.25) is 10.1 Å². The summed E-state index contributed by atoms with van der Waals surface area (Å²) in [5, 5.41) is 27.5. The highest BCUT2D eigenvalue weighted by Crippen LogP contribution is 2.21. The zero-order valence-electron chi connectivity index (χ0n) is 14.4. The molecule has 3 rings (SSSR count). The van der Waals surface area contributed by atoms with Crippen molar-refractivity contribution < 1.29 is 14.6 Å². The lowest BCUT2D eigenvalue weighted by atomic mass is 10.1. The van der Waals surface area contributed by atoms with Gasteiger partial charge in [0.2, 0.25) is 5.70 Å². The highest BCUT2D eigenvalue weighted by atomic mass is 35.5. The Morgan fingerprint density at radius 2 is 1.71 bits per heavy atom. The van der Waals surface area contributed by atoms with E-state index >= 15 is 0 Å². The zero-order valence-corrected chi connectivity index (χ0v) is 16.0. The first-order valence-corrected chi connectivity index (χ1v) is 8.94. The summed E-state index contributed by atoms with van der Waals surface area (Å²) in [6, 6.07) is 17.7. The van der Waals surface area contributed by atoms with E-state index in [4.69, 9.17) is 23.8 Å². The average Bonchev–Trinajstić information content (AvgIpc) is 2.69. The molecule has 1 aromatic heterocycles. The van der Waals surface area contributed by atoms with Crippen molar-refractivity contribution in [1.29, 1.82) is 0 Å². The van der Waals surface area contributed by atoms with Crippen LogP contribution < -0.4 is 15.0 Å². The van der Waals surface area contributed by atoms with Crippen LogP contribution in [0.25, 0.3) is 11.5 Å². The fourth-order valence-electron chi connectivity index (χ4n) is 2.51. The van der Waals surface area contributed by atoms with E-state index in [0.717, 1.165) is 0 Å². The van der Waals surface area contributed by atoms with E-state index in [-0.39, 0.29) is 27.7 Å². The summed E-state index contributed by atoms with van der Waals surface area (Å²) >= 11 is 11.5. The van der Waals surface area contributed by atoms with Gasteiger partial charge in [0, 0.05) is 35.0 Å². The second kappa shape index (κ2) is 8.60. The number of non-ortho nitro benzene ring substituents is 1. The number of nitrogens with one attached hydrogen (secondary N) is 1. The number of thiocarbonyl (C=S) groups is 1. The molecular formula is C20H14ClN3O3S. The van der Waals surface area contributed by atoms with Gasteiger partial charge in [-0.1, -0.05) is 36.0 Å². The van der Waals surface area contributed by atoms with E-state index in [1.165, 1.54) is 24.3 Å². The van der Waals surface area contributed by atoms with Gasteiger partial charge in [0.25, 0.3) is 5.69 Å². The number of halogens is 1. The van der Waals surface area contributed by atoms with Crippen molar-refractivity contribution >= 4 is 51.6 Å². The van der Waals surface area contributed by atoms with Crippen LogP contribution in [0.2, 0.25) is 5.02 Å². The van der Waals surface area contributed by atoms with E-state index in [1.54, 1.807) is 53.4 Å². The molecule has 0 amide bonds. The molecule has 0 atom stereocenters. The highest BCUT2D eigenvalue weighted by molar-refractivity contribution is 7.81. The first kappa shape index (κ1) is 19.5. The van der Waals surface area contributed by atoms with Crippen molar-refractivity contribution in [3.8, 4) is 0 Å². The fraction of sp³-hybridized carbons (Fsp3) is 0. The molecule has 3 aromatic rings. The molecule has 2 aromatic carbocycles. The molecule has 0 bridgehead atoms. The maximum atomic E-state index is 13.1. The fourth-order valence-corrected chi connectivity index (χ4v) is 3.02. The zero-order chi connectivity index (χ0) is 20.1. The average molecular weight is 412 g/mol. The van der Waals surface area contributed by atoms with Crippen molar-refractivity contribution in [2.75, 3.05) is 5.32 Å². The van der Waals surface area contributed by atoms with Crippen LogP contribution in [0.1, 0.15) is 5.56 Å². The molecule has 8 heteroatoms. The topological polar surface area (TPSA) is 82.1 Å². The number of nitro groups is 1. The van der Waals surface area contributed by atoms with Gasteiger partial charge >= 0.3 is 0 Å². The predicted octanol–water partition coefficient (Wildman–Crippen LogP) is 3.66. The summed E-state index contributed by atoms with van der Waals surface area (Å²) in [5.74, 6) is -0.370. The standard InChI is InChI=1S/C20H14ClN3O3S/c21-15-5-4-6-16(13-15)22-20(28)18(23-11-2-1-3-12-23)19(25)14-7-9-17(10-8-14)24(26)27/h1-13H,(H-,22,25,28). The Morgan fingerprint density at radius 3 is 2.32 bits per heavy atom.